The third kappa shape index (κ3) is 4.40. The summed E-state index contributed by atoms with van der Waals surface area (Å²) in [6, 6.07) is 8.91. The summed E-state index contributed by atoms with van der Waals surface area (Å²) in [6.45, 7) is 4.95. The summed E-state index contributed by atoms with van der Waals surface area (Å²) in [5.41, 5.74) is 1.89. The molecule has 4 nitrogen and oxygen atoms in total. The maximum Gasteiger partial charge on any atom is 0.229 e. The predicted molar refractivity (Wildman–Crippen MR) is 114 cm³/mol. The van der Waals surface area contributed by atoms with Crippen LogP contribution in [0.25, 0.3) is 10.6 Å². The van der Waals surface area contributed by atoms with E-state index in [-0.39, 0.29) is 5.91 Å². The molecule has 0 radical (unpaired) electrons. The van der Waals surface area contributed by atoms with Gasteiger partial charge in [-0.3, -0.25) is 4.79 Å². The normalized spacial score (nSPS) is 22.1. The van der Waals surface area contributed by atoms with Crippen LogP contribution in [-0.2, 0) is 11.2 Å². The molecule has 0 aliphatic heterocycles. The van der Waals surface area contributed by atoms with Gasteiger partial charge in [0.1, 0.15) is 10.8 Å². The summed E-state index contributed by atoms with van der Waals surface area (Å²) in [7, 11) is 0. The van der Waals surface area contributed by atoms with Crippen molar-refractivity contribution < 1.29 is 9.53 Å². The maximum absolute atomic E-state index is 13.2. The highest BCUT2D eigenvalue weighted by Gasteiger charge is 2.38. The van der Waals surface area contributed by atoms with Crippen molar-refractivity contribution in [2.24, 2.45) is 5.92 Å². The standard InChI is InChI=1S/C23H30N2O2S/c1-3-27-21-7-5-4-6-20(21)23-24-17(15-28-23)14-22(26)25(19-12-13-19)18-10-8-16(2)9-11-18/h4-7,15-16,18-19H,3,8-14H2,1-2H3. The zero-order valence-corrected chi connectivity index (χ0v) is 17.7. The van der Waals surface area contributed by atoms with E-state index in [2.05, 4.69) is 11.8 Å². The largest absolute Gasteiger partial charge is 0.493 e. The van der Waals surface area contributed by atoms with E-state index in [1.54, 1.807) is 11.3 Å². The van der Waals surface area contributed by atoms with Crippen LogP contribution in [0.15, 0.2) is 29.6 Å². The second kappa shape index (κ2) is 8.64. The lowest BCUT2D eigenvalue weighted by atomic mass is 9.86. The fraction of sp³-hybridized carbons (Fsp3) is 0.565. The Hall–Kier alpha value is -1.88. The van der Waals surface area contributed by atoms with Crippen molar-refractivity contribution in [1.82, 2.24) is 9.88 Å². The zero-order chi connectivity index (χ0) is 19.5. The molecule has 2 saturated carbocycles. The number of rotatable bonds is 7. The second-order valence-electron chi connectivity index (χ2n) is 8.20. The van der Waals surface area contributed by atoms with Crippen molar-refractivity contribution in [3.05, 3.63) is 35.3 Å². The number of carbonyl (C=O) groups excluding carboxylic acids is 1. The summed E-state index contributed by atoms with van der Waals surface area (Å²) in [5, 5.41) is 2.96. The SMILES string of the molecule is CCOc1ccccc1-c1nc(CC(=O)N(C2CCC(C)CC2)C2CC2)cs1. The molecule has 1 aromatic heterocycles. The summed E-state index contributed by atoms with van der Waals surface area (Å²) in [4.78, 5) is 20.2. The number of ether oxygens (including phenoxy) is 1. The average Bonchev–Trinajstić information content (AvgIpc) is 3.42. The summed E-state index contributed by atoms with van der Waals surface area (Å²) in [5.74, 6) is 1.92. The van der Waals surface area contributed by atoms with Gasteiger partial charge in [-0.05, 0) is 63.5 Å². The molecule has 1 aromatic carbocycles. The highest BCUT2D eigenvalue weighted by Crippen LogP contribution is 2.36. The van der Waals surface area contributed by atoms with Gasteiger partial charge < -0.3 is 9.64 Å². The van der Waals surface area contributed by atoms with Crippen LogP contribution in [0, 0.1) is 5.92 Å². The van der Waals surface area contributed by atoms with Crippen LogP contribution in [0.4, 0.5) is 0 Å². The molecule has 0 unspecified atom stereocenters. The molecule has 1 heterocycles. The quantitative estimate of drug-likeness (QED) is 0.634. The maximum atomic E-state index is 13.2. The van der Waals surface area contributed by atoms with E-state index in [0.29, 0.717) is 25.1 Å². The van der Waals surface area contributed by atoms with Crippen molar-refractivity contribution >= 4 is 17.2 Å². The van der Waals surface area contributed by atoms with Gasteiger partial charge in [0.05, 0.1) is 24.3 Å². The molecule has 0 spiro atoms. The van der Waals surface area contributed by atoms with Gasteiger partial charge in [-0.15, -0.1) is 11.3 Å². The van der Waals surface area contributed by atoms with Gasteiger partial charge in [0.2, 0.25) is 5.91 Å². The fourth-order valence-electron chi connectivity index (χ4n) is 4.26. The van der Waals surface area contributed by atoms with Crippen molar-refractivity contribution in [1.29, 1.82) is 0 Å². The molecular weight excluding hydrogens is 368 g/mol. The first kappa shape index (κ1) is 19.4. The summed E-state index contributed by atoms with van der Waals surface area (Å²) in [6.07, 6.45) is 7.56. The van der Waals surface area contributed by atoms with E-state index in [0.717, 1.165) is 40.8 Å². The van der Waals surface area contributed by atoms with Gasteiger partial charge in [0, 0.05) is 17.5 Å². The lowest BCUT2D eigenvalue weighted by molar-refractivity contribution is -0.134. The molecule has 2 aromatic rings. The Morgan fingerprint density at radius 2 is 1.82 bits per heavy atom. The summed E-state index contributed by atoms with van der Waals surface area (Å²) < 4.78 is 5.74. The van der Waals surface area contributed by atoms with E-state index in [4.69, 9.17) is 9.72 Å². The van der Waals surface area contributed by atoms with Gasteiger partial charge in [0.25, 0.3) is 0 Å². The van der Waals surface area contributed by atoms with Crippen molar-refractivity contribution in [3.63, 3.8) is 0 Å². The molecule has 0 saturated heterocycles. The topological polar surface area (TPSA) is 42.4 Å². The fourth-order valence-corrected chi connectivity index (χ4v) is 5.11. The molecule has 0 N–H and O–H groups in total. The van der Waals surface area contributed by atoms with Gasteiger partial charge in [-0.2, -0.15) is 0 Å². The highest BCUT2D eigenvalue weighted by atomic mass is 32.1. The Kier molecular flexibility index (Phi) is 6.00. The molecular formula is C23H30N2O2S. The number of para-hydroxylation sites is 1. The van der Waals surface area contributed by atoms with E-state index in [1.165, 1.54) is 25.7 Å². The first-order valence-corrected chi connectivity index (χ1v) is 11.5. The first-order valence-electron chi connectivity index (χ1n) is 10.6. The van der Waals surface area contributed by atoms with Gasteiger partial charge in [0.15, 0.2) is 0 Å². The van der Waals surface area contributed by atoms with Gasteiger partial charge in [-0.25, -0.2) is 4.98 Å². The monoisotopic (exact) mass is 398 g/mol. The number of amides is 1. The Bertz CT molecular complexity index is 806. The first-order chi connectivity index (χ1) is 13.7. The lowest BCUT2D eigenvalue weighted by Crippen LogP contribution is -2.44. The molecule has 0 atom stereocenters. The van der Waals surface area contributed by atoms with Crippen molar-refractivity contribution in [3.8, 4) is 16.3 Å². The number of carbonyl (C=O) groups is 1. The Labute approximate surface area is 171 Å². The van der Waals surface area contributed by atoms with E-state index in [9.17, 15) is 4.79 Å². The number of benzene rings is 1. The number of thiazole rings is 1. The zero-order valence-electron chi connectivity index (χ0n) is 16.9. The molecule has 150 valence electrons. The van der Waals surface area contributed by atoms with Crippen molar-refractivity contribution in [2.45, 2.75) is 70.9 Å². The molecule has 1 amide bonds. The molecule has 0 bridgehead atoms. The van der Waals surface area contributed by atoms with E-state index < -0.39 is 0 Å². The molecule has 2 aliphatic rings. The molecule has 4 rings (SSSR count). The van der Waals surface area contributed by atoms with E-state index >= 15 is 0 Å². The minimum Gasteiger partial charge on any atom is -0.493 e. The number of aromatic nitrogens is 1. The summed E-state index contributed by atoms with van der Waals surface area (Å²) >= 11 is 1.59. The Morgan fingerprint density at radius 1 is 1.14 bits per heavy atom. The van der Waals surface area contributed by atoms with Crippen LogP contribution in [-0.4, -0.2) is 34.5 Å². The van der Waals surface area contributed by atoms with Crippen LogP contribution in [0.2, 0.25) is 0 Å². The molecule has 5 heteroatoms. The smallest absolute Gasteiger partial charge is 0.229 e. The van der Waals surface area contributed by atoms with E-state index in [1.807, 2.05) is 36.6 Å². The average molecular weight is 399 g/mol. The Balaban J connectivity index is 1.46. The van der Waals surface area contributed by atoms with Gasteiger partial charge >= 0.3 is 0 Å². The van der Waals surface area contributed by atoms with Crippen LogP contribution in [0.5, 0.6) is 5.75 Å². The number of nitrogens with zero attached hydrogens (tertiary/aromatic N) is 2. The second-order valence-corrected chi connectivity index (χ2v) is 9.05. The minimum absolute atomic E-state index is 0.261. The number of hydrogen-bond donors (Lipinski definition) is 0. The minimum atomic E-state index is 0.261. The van der Waals surface area contributed by atoms with Crippen molar-refractivity contribution in [2.75, 3.05) is 6.61 Å². The van der Waals surface area contributed by atoms with Crippen LogP contribution in [0.3, 0.4) is 0 Å². The van der Waals surface area contributed by atoms with Crippen LogP contribution >= 0.6 is 11.3 Å². The molecule has 28 heavy (non-hydrogen) atoms. The Morgan fingerprint density at radius 3 is 2.50 bits per heavy atom. The third-order valence-electron chi connectivity index (χ3n) is 5.91. The van der Waals surface area contributed by atoms with Gasteiger partial charge in [-0.1, -0.05) is 19.1 Å². The lowest BCUT2D eigenvalue weighted by Gasteiger charge is -2.36. The number of hydrogen-bond acceptors (Lipinski definition) is 4. The highest BCUT2D eigenvalue weighted by molar-refractivity contribution is 7.13. The molecule has 2 aliphatic carbocycles. The predicted octanol–water partition coefficient (Wildman–Crippen LogP) is 5.32. The van der Waals surface area contributed by atoms with Crippen LogP contribution in [0.1, 0.15) is 58.1 Å². The molecule has 2 fully saturated rings. The third-order valence-corrected chi connectivity index (χ3v) is 6.83. The van der Waals surface area contributed by atoms with Crippen LogP contribution < -0.4 is 4.74 Å².